The van der Waals surface area contributed by atoms with E-state index < -0.39 is 8.07 Å². The van der Waals surface area contributed by atoms with Crippen LogP contribution in [-0.4, -0.2) is 46.8 Å². The molecule has 0 atom stereocenters. The fourth-order valence-corrected chi connectivity index (χ4v) is 7.18. The van der Waals surface area contributed by atoms with Gasteiger partial charge in [0.05, 0.1) is 27.7 Å². The number of hydrogen-bond acceptors (Lipinski definition) is 1. The zero-order valence-corrected chi connectivity index (χ0v) is 18.0. The van der Waals surface area contributed by atoms with Gasteiger partial charge in [0.1, 0.15) is 8.07 Å². The van der Waals surface area contributed by atoms with Crippen LogP contribution in [0.2, 0.25) is 13.1 Å². The normalized spacial score (nSPS) is 15.7. The van der Waals surface area contributed by atoms with Crippen LogP contribution in [0, 0.1) is 13.8 Å². The summed E-state index contributed by atoms with van der Waals surface area (Å²) in [6.07, 6.45) is 1.20. The molecular weight excluding hydrogens is 320 g/mol. The highest BCUT2D eigenvalue weighted by molar-refractivity contribution is 7.02. The zero-order valence-electron chi connectivity index (χ0n) is 17.0. The molecule has 1 aliphatic rings. The van der Waals surface area contributed by atoms with E-state index in [4.69, 9.17) is 0 Å². The quantitative estimate of drug-likeness (QED) is 0.599. The summed E-state index contributed by atoms with van der Waals surface area (Å²) < 4.78 is 1.02. The van der Waals surface area contributed by atoms with Crippen molar-refractivity contribution in [1.29, 1.82) is 0 Å². The summed E-state index contributed by atoms with van der Waals surface area (Å²) in [6, 6.07) is 14.1. The van der Waals surface area contributed by atoms with Crippen LogP contribution in [0.25, 0.3) is 0 Å². The van der Waals surface area contributed by atoms with Gasteiger partial charge in [-0.05, 0) is 36.4 Å². The zero-order chi connectivity index (χ0) is 18.4. The van der Waals surface area contributed by atoms with Crippen LogP contribution in [0.1, 0.15) is 17.5 Å². The fourth-order valence-electron chi connectivity index (χ4n) is 3.99. The third-order valence-corrected chi connectivity index (χ3v) is 8.94. The summed E-state index contributed by atoms with van der Waals surface area (Å²) in [5, 5.41) is 3.19. The number of aryl methyl sites for hydroxylation is 2. The summed E-state index contributed by atoms with van der Waals surface area (Å²) in [5.41, 5.74) is 5.64. The van der Waals surface area contributed by atoms with Gasteiger partial charge >= 0.3 is 0 Å². The topological polar surface area (TPSA) is 3.24 Å². The van der Waals surface area contributed by atoms with Crippen molar-refractivity contribution in [1.82, 2.24) is 0 Å². The smallest absolute Gasteiger partial charge is 0.117 e. The van der Waals surface area contributed by atoms with Crippen molar-refractivity contribution in [2.75, 3.05) is 39.1 Å². The Bertz CT molecular complexity index is 732. The Hall–Kier alpha value is -1.58. The maximum atomic E-state index is 2.58. The van der Waals surface area contributed by atoms with Gasteiger partial charge < -0.3 is 9.38 Å². The first-order chi connectivity index (χ1) is 11.6. The van der Waals surface area contributed by atoms with Gasteiger partial charge in [0.15, 0.2) is 0 Å². The molecule has 0 fully saturated rings. The van der Waals surface area contributed by atoms with Crippen molar-refractivity contribution >= 4 is 29.8 Å². The standard InChI is InChI=1S/C22H33N2Si/c1-17-9-11-19-21(15-17)25(6,7)22-16-18(2)10-12-20(22)23(19)13-8-14-24(3,4)5/h9-12,15-16H,8,13-14H2,1-7H3/q+1. The lowest BCUT2D eigenvalue weighted by Crippen LogP contribution is -2.59. The molecule has 3 rings (SSSR count). The highest BCUT2D eigenvalue weighted by Gasteiger charge is 2.38. The van der Waals surface area contributed by atoms with E-state index in [0.717, 1.165) is 11.0 Å². The van der Waals surface area contributed by atoms with Gasteiger partial charge in [-0.15, -0.1) is 0 Å². The maximum absolute atomic E-state index is 2.58. The highest BCUT2D eigenvalue weighted by Crippen LogP contribution is 2.32. The van der Waals surface area contributed by atoms with E-state index in [9.17, 15) is 0 Å². The lowest BCUT2D eigenvalue weighted by atomic mass is 10.1. The summed E-state index contributed by atoms with van der Waals surface area (Å²) in [7, 11) is 5.18. The van der Waals surface area contributed by atoms with Crippen LogP contribution in [0.4, 0.5) is 11.4 Å². The van der Waals surface area contributed by atoms with Crippen LogP contribution in [-0.2, 0) is 0 Å². The van der Waals surface area contributed by atoms with Crippen molar-refractivity contribution in [2.45, 2.75) is 33.4 Å². The molecule has 0 amide bonds. The van der Waals surface area contributed by atoms with Crippen molar-refractivity contribution in [3.05, 3.63) is 47.5 Å². The van der Waals surface area contributed by atoms with Gasteiger partial charge in [0, 0.05) is 24.3 Å². The number of quaternary nitrogens is 1. The molecule has 0 aliphatic carbocycles. The van der Waals surface area contributed by atoms with Crippen molar-refractivity contribution in [3.8, 4) is 0 Å². The Balaban J connectivity index is 2.07. The van der Waals surface area contributed by atoms with Crippen LogP contribution in [0.15, 0.2) is 36.4 Å². The van der Waals surface area contributed by atoms with E-state index in [0.29, 0.717) is 0 Å². The van der Waals surface area contributed by atoms with Crippen LogP contribution in [0.3, 0.4) is 0 Å². The SMILES string of the molecule is Cc1ccc2c(c1)[Si](C)(C)c1cc(C)ccc1N2CCC[N+](C)(C)C. The number of anilines is 2. The molecule has 0 spiro atoms. The monoisotopic (exact) mass is 353 g/mol. The summed E-state index contributed by atoms with van der Waals surface area (Å²) in [5.74, 6) is 0. The molecule has 2 nitrogen and oxygen atoms in total. The minimum absolute atomic E-state index is 1.02. The minimum atomic E-state index is -1.66. The molecule has 1 heterocycles. The average molecular weight is 354 g/mol. The van der Waals surface area contributed by atoms with Gasteiger partial charge in [-0.1, -0.05) is 48.5 Å². The van der Waals surface area contributed by atoms with E-state index in [1.54, 1.807) is 10.4 Å². The molecule has 25 heavy (non-hydrogen) atoms. The lowest BCUT2D eigenvalue weighted by Gasteiger charge is -2.41. The first-order valence-corrected chi connectivity index (χ1v) is 12.4. The second-order valence-corrected chi connectivity index (χ2v) is 13.5. The molecular formula is C22H33N2Si+. The fraction of sp³-hybridized carbons (Fsp3) is 0.455. The number of rotatable bonds is 4. The number of benzene rings is 2. The van der Waals surface area contributed by atoms with Gasteiger partial charge in [-0.25, -0.2) is 0 Å². The van der Waals surface area contributed by atoms with E-state index in [-0.39, 0.29) is 0 Å². The van der Waals surface area contributed by atoms with Crippen molar-refractivity contribution in [2.24, 2.45) is 0 Å². The third-order valence-electron chi connectivity index (χ3n) is 5.44. The molecule has 3 heteroatoms. The Morgan fingerprint density at radius 1 is 0.840 bits per heavy atom. The number of nitrogens with zero attached hydrogens (tertiary/aromatic N) is 2. The Kier molecular flexibility index (Phi) is 4.59. The number of hydrogen-bond donors (Lipinski definition) is 0. The van der Waals surface area contributed by atoms with E-state index in [1.807, 2.05) is 0 Å². The van der Waals surface area contributed by atoms with Gasteiger partial charge in [0.25, 0.3) is 0 Å². The Labute approximate surface area is 154 Å². The highest BCUT2D eigenvalue weighted by atomic mass is 28.3. The Morgan fingerprint density at radius 3 is 1.76 bits per heavy atom. The summed E-state index contributed by atoms with van der Waals surface area (Å²) in [4.78, 5) is 2.58. The summed E-state index contributed by atoms with van der Waals surface area (Å²) >= 11 is 0. The minimum Gasteiger partial charge on any atom is -0.341 e. The van der Waals surface area contributed by atoms with E-state index in [1.165, 1.54) is 35.5 Å². The molecule has 0 unspecified atom stereocenters. The predicted molar refractivity (Wildman–Crippen MR) is 114 cm³/mol. The second-order valence-electron chi connectivity index (χ2n) is 9.19. The first-order valence-electron chi connectivity index (χ1n) is 9.40. The third kappa shape index (κ3) is 3.53. The first kappa shape index (κ1) is 18.2. The average Bonchev–Trinajstić information content (AvgIpc) is 2.50. The molecule has 2 aromatic rings. The largest absolute Gasteiger partial charge is 0.341 e. The number of fused-ring (bicyclic) bond motifs is 2. The van der Waals surface area contributed by atoms with E-state index >= 15 is 0 Å². The van der Waals surface area contributed by atoms with E-state index in [2.05, 4.69) is 89.4 Å². The predicted octanol–water partition coefficient (Wildman–Crippen LogP) is 3.67. The molecule has 0 saturated carbocycles. The molecule has 0 bridgehead atoms. The van der Waals surface area contributed by atoms with Crippen LogP contribution in [0.5, 0.6) is 0 Å². The van der Waals surface area contributed by atoms with Gasteiger partial charge in [0.2, 0.25) is 0 Å². The lowest BCUT2D eigenvalue weighted by molar-refractivity contribution is -0.870. The van der Waals surface area contributed by atoms with Gasteiger partial charge in [-0.3, -0.25) is 0 Å². The van der Waals surface area contributed by atoms with Gasteiger partial charge in [-0.2, -0.15) is 0 Å². The molecule has 0 saturated heterocycles. The Morgan fingerprint density at radius 2 is 1.32 bits per heavy atom. The van der Waals surface area contributed by atoms with Crippen molar-refractivity contribution < 1.29 is 4.48 Å². The molecule has 0 radical (unpaired) electrons. The second kappa shape index (κ2) is 6.29. The molecule has 0 N–H and O–H groups in total. The van der Waals surface area contributed by atoms with Crippen molar-refractivity contribution in [3.63, 3.8) is 0 Å². The van der Waals surface area contributed by atoms with Crippen LogP contribution >= 0.6 is 0 Å². The molecule has 0 aromatic heterocycles. The summed E-state index contributed by atoms with van der Waals surface area (Å²) in [6.45, 7) is 11.7. The maximum Gasteiger partial charge on any atom is 0.117 e. The molecule has 134 valence electrons. The molecule has 1 aliphatic heterocycles. The van der Waals surface area contributed by atoms with Crippen LogP contribution < -0.4 is 15.3 Å². The molecule has 2 aromatic carbocycles.